The zero-order chi connectivity index (χ0) is 25.4. The van der Waals surface area contributed by atoms with E-state index in [1.807, 2.05) is 24.3 Å². The first-order valence-corrected chi connectivity index (χ1v) is 12.8. The number of aromatic nitrogens is 2. The maximum absolute atomic E-state index is 12.5. The number of H-pyrrole nitrogens is 1. The second-order valence-electron chi connectivity index (χ2n) is 10.0. The Kier molecular flexibility index (Phi) is 6.24. The van der Waals surface area contributed by atoms with E-state index in [4.69, 9.17) is 0 Å². The van der Waals surface area contributed by atoms with Crippen molar-refractivity contribution in [1.82, 2.24) is 15.5 Å². The van der Waals surface area contributed by atoms with Crippen molar-refractivity contribution in [3.05, 3.63) is 77.9 Å². The molecule has 0 aliphatic heterocycles. The summed E-state index contributed by atoms with van der Waals surface area (Å²) in [4.78, 5) is 12.5. The number of nitrogens with one attached hydrogen (secondary N) is 3. The Hall–Kier alpha value is -3.94. The predicted molar refractivity (Wildman–Crippen MR) is 144 cm³/mol. The van der Waals surface area contributed by atoms with Crippen LogP contribution >= 0.6 is 0 Å². The number of aromatic hydroxyl groups is 1. The average molecular weight is 495 g/mol. The third-order valence-corrected chi connectivity index (χ3v) is 7.50. The van der Waals surface area contributed by atoms with Crippen LogP contribution in [0.5, 0.6) is 5.75 Å². The van der Waals surface area contributed by atoms with Gasteiger partial charge < -0.3 is 20.8 Å². The summed E-state index contributed by atoms with van der Waals surface area (Å²) in [5, 5.41) is 33.4. The zero-order valence-corrected chi connectivity index (χ0v) is 20.5. The summed E-state index contributed by atoms with van der Waals surface area (Å²) in [6.07, 6.45) is 3.95. The molecule has 1 aromatic heterocycles. The van der Waals surface area contributed by atoms with Crippen molar-refractivity contribution in [2.75, 3.05) is 11.9 Å². The Bertz CT molecular complexity index is 1420. The number of hydrogen-bond donors (Lipinski definition) is 5. The van der Waals surface area contributed by atoms with Crippen molar-refractivity contribution in [1.29, 1.82) is 0 Å². The van der Waals surface area contributed by atoms with E-state index in [9.17, 15) is 15.0 Å². The van der Waals surface area contributed by atoms with Gasteiger partial charge in [-0.25, -0.2) is 0 Å². The van der Waals surface area contributed by atoms with Gasteiger partial charge in [0.2, 0.25) is 5.91 Å². The van der Waals surface area contributed by atoms with Crippen LogP contribution in [0.25, 0.3) is 33.6 Å². The Morgan fingerprint density at radius 3 is 2.32 bits per heavy atom. The molecule has 0 unspecified atom stereocenters. The fraction of sp³-hybridized carbons (Fsp3) is 0.267. The molecular formula is C30H30N4O3. The lowest BCUT2D eigenvalue weighted by molar-refractivity contribution is -0.115. The van der Waals surface area contributed by atoms with Crippen LogP contribution < -0.4 is 10.6 Å². The molecule has 7 nitrogen and oxygen atoms in total. The molecule has 1 saturated carbocycles. The first kappa shape index (κ1) is 23.5. The van der Waals surface area contributed by atoms with Gasteiger partial charge in [0.25, 0.3) is 0 Å². The van der Waals surface area contributed by atoms with Gasteiger partial charge in [0.15, 0.2) is 0 Å². The molecule has 0 bridgehead atoms. The van der Waals surface area contributed by atoms with Gasteiger partial charge in [-0.15, -0.1) is 0 Å². The van der Waals surface area contributed by atoms with E-state index in [1.54, 1.807) is 12.1 Å². The molecule has 188 valence electrons. The van der Waals surface area contributed by atoms with E-state index in [-0.39, 0.29) is 24.3 Å². The highest BCUT2D eigenvalue weighted by Gasteiger charge is 2.26. The number of aliphatic hydroxyl groups is 1. The highest BCUT2D eigenvalue weighted by atomic mass is 16.3. The fourth-order valence-electron chi connectivity index (χ4n) is 5.45. The topological polar surface area (TPSA) is 110 Å². The van der Waals surface area contributed by atoms with Crippen LogP contribution in [0.15, 0.2) is 66.7 Å². The Labute approximate surface area is 215 Å². The van der Waals surface area contributed by atoms with Gasteiger partial charge in [-0.05, 0) is 66.6 Å². The second-order valence-corrected chi connectivity index (χ2v) is 10.0. The molecule has 2 aliphatic rings. The number of carbonyl (C=O) groups excluding carboxylic acids is 1. The number of carbonyl (C=O) groups is 1. The molecule has 0 saturated heterocycles. The van der Waals surface area contributed by atoms with Crippen LogP contribution in [0.4, 0.5) is 5.69 Å². The normalized spacial score (nSPS) is 18.3. The van der Waals surface area contributed by atoms with Crippen molar-refractivity contribution < 1.29 is 15.0 Å². The van der Waals surface area contributed by atoms with Crippen LogP contribution in [0.1, 0.15) is 36.8 Å². The lowest BCUT2D eigenvalue weighted by Crippen LogP contribution is -2.39. The molecule has 0 spiro atoms. The van der Waals surface area contributed by atoms with Crippen molar-refractivity contribution in [3.8, 4) is 39.4 Å². The summed E-state index contributed by atoms with van der Waals surface area (Å²) in [5.74, 6) is 0.200. The number of benzene rings is 3. The minimum atomic E-state index is -0.196. The SMILES string of the molecule is O=C(CN[C@H]1CC[C@H](O)CC1)Nc1ccc2c(c1)Cc1c(-c3ccc(-c4ccc(O)cc4)cc3)n[nH]c1-2. The molecule has 0 radical (unpaired) electrons. The lowest BCUT2D eigenvalue weighted by atomic mass is 9.93. The largest absolute Gasteiger partial charge is 0.508 e. The molecule has 3 aromatic carbocycles. The molecule has 2 aliphatic carbocycles. The van der Waals surface area contributed by atoms with E-state index in [2.05, 4.69) is 51.2 Å². The van der Waals surface area contributed by atoms with Crippen molar-refractivity contribution in [2.24, 2.45) is 0 Å². The fourth-order valence-corrected chi connectivity index (χ4v) is 5.45. The molecule has 1 fully saturated rings. The number of rotatable bonds is 6. The smallest absolute Gasteiger partial charge is 0.238 e. The van der Waals surface area contributed by atoms with E-state index in [1.165, 1.54) is 0 Å². The molecule has 7 heteroatoms. The maximum atomic E-state index is 12.5. The Morgan fingerprint density at radius 2 is 1.59 bits per heavy atom. The Balaban J connectivity index is 1.12. The van der Waals surface area contributed by atoms with Crippen molar-refractivity contribution in [3.63, 3.8) is 0 Å². The number of fused-ring (bicyclic) bond motifs is 3. The lowest BCUT2D eigenvalue weighted by Gasteiger charge is -2.26. The number of phenolic OH excluding ortho intramolecular Hbond substituents is 1. The van der Waals surface area contributed by atoms with Gasteiger partial charge in [0, 0.05) is 34.8 Å². The molecule has 4 aromatic rings. The van der Waals surface area contributed by atoms with Crippen molar-refractivity contribution >= 4 is 11.6 Å². The van der Waals surface area contributed by atoms with Crippen LogP contribution in [0.3, 0.4) is 0 Å². The third kappa shape index (κ3) is 4.88. The summed E-state index contributed by atoms with van der Waals surface area (Å²) >= 11 is 0. The van der Waals surface area contributed by atoms with Crippen LogP contribution in [0.2, 0.25) is 0 Å². The monoisotopic (exact) mass is 494 g/mol. The summed E-state index contributed by atoms with van der Waals surface area (Å²) in [5.41, 5.74) is 9.38. The summed E-state index contributed by atoms with van der Waals surface area (Å²) in [6, 6.07) is 21.8. The van der Waals surface area contributed by atoms with Gasteiger partial charge in [-0.3, -0.25) is 9.89 Å². The van der Waals surface area contributed by atoms with Gasteiger partial charge >= 0.3 is 0 Å². The zero-order valence-electron chi connectivity index (χ0n) is 20.5. The van der Waals surface area contributed by atoms with Crippen molar-refractivity contribution in [2.45, 2.75) is 44.2 Å². The summed E-state index contributed by atoms with van der Waals surface area (Å²) in [6.45, 7) is 0.269. The van der Waals surface area contributed by atoms with Crippen LogP contribution in [-0.4, -0.2) is 45.0 Å². The summed E-state index contributed by atoms with van der Waals surface area (Å²) < 4.78 is 0. The molecule has 37 heavy (non-hydrogen) atoms. The first-order chi connectivity index (χ1) is 18.0. The number of aromatic amines is 1. The van der Waals surface area contributed by atoms with Gasteiger partial charge in [-0.1, -0.05) is 42.5 Å². The number of phenols is 1. The quantitative estimate of drug-likeness (QED) is 0.232. The minimum Gasteiger partial charge on any atom is -0.508 e. The van der Waals surface area contributed by atoms with E-state index < -0.39 is 0 Å². The predicted octanol–water partition coefficient (Wildman–Crippen LogP) is 4.85. The standard InChI is InChI=1S/C30H30N4O3/c35-24-10-5-19(6-11-24)18-1-3-20(4-2-18)29-27-16-21-15-23(9-14-26(21)30(27)34-33-29)32-28(37)17-31-22-7-12-25(36)13-8-22/h1-6,9-11,14-15,22,25,31,35-36H,7-8,12-13,16-17H2,(H,32,37)(H,33,34)/t22-,25-. The molecule has 1 amide bonds. The highest BCUT2D eigenvalue weighted by molar-refractivity contribution is 5.93. The average Bonchev–Trinajstić information content (AvgIpc) is 3.48. The number of nitrogens with zero attached hydrogens (tertiary/aromatic N) is 1. The van der Waals surface area contributed by atoms with E-state index >= 15 is 0 Å². The second kappa shape index (κ2) is 9.84. The molecule has 0 atom stereocenters. The number of hydrogen-bond acceptors (Lipinski definition) is 5. The Morgan fingerprint density at radius 1 is 0.919 bits per heavy atom. The van der Waals surface area contributed by atoms with Gasteiger partial charge in [0.1, 0.15) is 5.75 Å². The molecular weight excluding hydrogens is 464 g/mol. The number of amides is 1. The minimum absolute atomic E-state index is 0.0568. The number of aliphatic hydroxyl groups excluding tert-OH is 1. The van der Waals surface area contributed by atoms with Gasteiger partial charge in [-0.2, -0.15) is 5.10 Å². The van der Waals surface area contributed by atoms with Crippen LogP contribution in [0, 0.1) is 0 Å². The third-order valence-electron chi connectivity index (χ3n) is 7.50. The summed E-state index contributed by atoms with van der Waals surface area (Å²) in [7, 11) is 0. The van der Waals surface area contributed by atoms with E-state index in [0.717, 1.165) is 82.6 Å². The van der Waals surface area contributed by atoms with Gasteiger partial charge in [0.05, 0.1) is 24.0 Å². The maximum Gasteiger partial charge on any atom is 0.238 e. The first-order valence-electron chi connectivity index (χ1n) is 12.8. The highest BCUT2D eigenvalue weighted by Crippen LogP contribution is 2.41. The molecule has 1 heterocycles. The molecule has 5 N–H and O–H groups in total. The van der Waals surface area contributed by atoms with Crippen LogP contribution in [-0.2, 0) is 11.2 Å². The molecule has 6 rings (SSSR count). The number of anilines is 1. The van der Waals surface area contributed by atoms with E-state index in [0.29, 0.717) is 6.04 Å².